The van der Waals surface area contributed by atoms with Crippen LogP contribution in [0.4, 0.5) is 50.4 Å². The molecule has 2 aliphatic rings. The van der Waals surface area contributed by atoms with Crippen molar-refractivity contribution in [2.24, 2.45) is 0 Å². The summed E-state index contributed by atoms with van der Waals surface area (Å²) < 4.78 is 197. The number of carbonyl (C=O) groups is 5. The molecule has 0 bridgehead atoms. The first kappa shape index (κ1) is 83.5. The van der Waals surface area contributed by atoms with E-state index in [4.69, 9.17) is 61.6 Å². The number of aromatic nitrogens is 4. The van der Waals surface area contributed by atoms with E-state index < -0.39 is 70.1 Å². The molecule has 4 aromatic rings. The molecule has 0 spiro atoms. The Morgan fingerprint density at radius 1 is 0.561 bits per heavy atom. The van der Waals surface area contributed by atoms with Crippen LogP contribution in [0.5, 0.6) is 23.0 Å². The maximum atomic E-state index is 13.5. The summed E-state index contributed by atoms with van der Waals surface area (Å²) in [7, 11) is -19.6. The molecular formula is C60H86F12N6O18P2. The number of amides is 1. The van der Waals surface area contributed by atoms with Crippen molar-refractivity contribution in [2.75, 3.05) is 106 Å². The number of nitrogens with two attached hydrogens (primary N) is 1. The molecule has 2 aromatic carbocycles. The number of aryl methyl sites for hydroxylation is 2. The number of hydrogen-bond acceptors (Lipinski definition) is 20. The summed E-state index contributed by atoms with van der Waals surface area (Å²) in [6, 6.07) is 16.8. The number of nitrogens with zero attached hydrogens (tertiary/aromatic N) is 5. The predicted molar refractivity (Wildman–Crippen MR) is 327 cm³/mol. The van der Waals surface area contributed by atoms with Gasteiger partial charge in [0, 0.05) is 71.7 Å². The summed E-state index contributed by atoms with van der Waals surface area (Å²) in [5.74, 6) is -0.317. The number of hydrogen-bond donors (Lipinski definition) is 1. The minimum absolute atomic E-state index is 0.192. The summed E-state index contributed by atoms with van der Waals surface area (Å²) >= 11 is 0. The average Bonchev–Trinajstić information content (AvgIpc) is 0.908. The number of carbonyl (C=O) groups excluding carboxylic acids is 5. The van der Waals surface area contributed by atoms with Crippen molar-refractivity contribution < 1.29 is 146 Å². The van der Waals surface area contributed by atoms with Crippen molar-refractivity contribution in [2.45, 2.75) is 129 Å². The number of unbranched alkanes of at least 4 members (excludes halogenated alkanes) is 6. The molecule has 1 amide bonds. The summed E-state index contributed by atoms with van der Waals surface area (Å²) in [6.45, 7) is 12.4. The second kappa shape index (κ2) is 38.0. The molecule has 98 heavy (non-hydrogen) atoms. The maximum absolute atomic E-state index is 13.5. The van der Waals surface area contributed by atoms with Crippen molar-refractivity contribution in [3.8, 4) is 23.0 Å². The van der Waals surface area contributed by atoms with E-state index in [1.807, 2.05) is 47.3 Å². The monoisotopic (exact) mass is 1470 g/mol. The number of halogens is 12. The summed E-state index contributed by atoms with van der Waals surface area (Å²) in [5.41, 5.74) is 2.55. The van der Waals surface area contributed by atoms with E-state index in [9.17, 15) is 74.3 Å². The van der Waals surface area contributed by atoms with Gasteiger partial charge in [0.05, 0.1) is 70.7 Å². The SMILES string of the molecule is CC(=O)OC[C@H]1O[C@H]([n+]2ccc(C(=O)N(C)CCCCCCn3cc(CCCCCC[NH2+]Cc4ccc5c(c4)OCCOCCOCCOc4ccccc4OCCOCCOCCO5)nn3)cc2)[C@@H](OC(C)=O)[C@@H](OC(C)=O)[C@@H]1OC(C)=O.F[P-](F)(F)(F)(F)F.F[P-](F)(F)(F)(F)F. The van der Waals surface area contributed by atoms with Crippen molar-refractivity contribution in [1.29, 1.82) is 0 Å². The van der Waals surface area contributed by atoms with Gasteiger partial charge in [0.15, 0.2) is 47.6 Å². The quantitative estimate of drug-likeness (QED) is 0.0181. The standard InChI is InChI=1S/C60H85N6O18.2F6P/c1-44(67)80-43-55-56(81-45(2)68)57(82-46(3)69)58(83-47(4)70)60(84-55)65-26-21-49(22-27-65)59(71)64(5)24-14-8-9-15-25-66-42-50(62-63-66)16-10-6-7-13-23-61-41-48-19-20-53-54(40-48)79-39-35-75-31-30-73-33-37-77-52-18-12-11-17-51(52)76-36-32-72-28-29-74-34-38-78-53;2*1-7(2,3,4,5)6/h11-12,17-22,26-27,40,42,55-58,60-61H,6-10,13-16,23-25,28-39,41,43H2,1-5H3;;/q+1;2*-1/p+1/t55-,56-,57+,58+,60+;;/m1../s1. The molecule has 2 aliphatic heterocycles. The van der Waals surface area contributed by atoms with Crippen molar-refractivity contribution in [3.63, 3.8) is 0 Å². The molecule has 1 saturated heterocycles. The van der Waals surface area contributed by atoms with Crippen LogP contribution in [0, 0.1) is 0 Å². The van der Waals surface area contributed by atoms with Crippen molar-refractivity contribution >= 4 is 45.4 Å². The number of pyridine rings is 1. The van der Waals surface area contributed by atoms with Gasteiger partial charge in [0.1, 0.15) is 45.7 Å². The second-order valence-electron chi connectivity index (χ2n) is 22.2. The van der Waals surface area contributed by atoms with Crippen LogP contribution in [0.2, 0.25) is 0 Å². The fraction of sp³-hybridized carbons (Fsp3) is 0.600. The van der Waals surface area contributed by atoms with Gasteiger partial charge in [0.2, 0.25) is 6.10 Å². The van der Waals surface area contributed by atoms with Crippen LogP contribution in [0.3, 0.4) is 0 Å². The number of para-hydroxylation sites is 2. The number of rotatable bonds is 23. The molecule has 1 fully saturated rings. The molecular weight excluding hydrogens is 1380 g/mol. The Morgan fingerprint density at radius 3 is 1.54 bits per heavy atom. The van der Waals surface area contributed by atoms with E-state index >= 15 is 0 Å². The summed E-state index contributed by atoms with van der Waals surface area (Å²) in [6.07, 6.45) is 8.00. The molecule has 38 heteroatoms. The van der Waals surface area contributed by atoms with E-state index in [0.717, 1.165) is 103 Å². The fourth-order valence-corrected chi connectivity index (χ4v) is 9.36. The summed E-state index contributed by atoms with van der Waals surface area (Å²) in [5, 5.41) is 11.1. The van der Waals surface area contributed by atoms with Crippen LogP contribution in [-0.4, -0.2) is 180 Å². The second-order valence-corrected chi connectivity index (χ2v) is 26.0. The first-order valence-electron chi connectivity index (χ1n) is 31.2. The third-order valence-electron chi connectivity index (χ3n) is 13.4. The molecule has 6 rings (SSSR count). The Balaban J connectivity index is 0.00000131. The van der Waals surface area contributed by atoms with Crippen LogP contribution in [-0.2, 0) is 81.3 Å². The fourth-order valence-electron chi connectivity index (χ4n) is 9.36. The van der Waals surface area contributed by atoms with E-state index in [1.165, 1.54) is 18.4 Å². The molecule has 4 heterocycles. The topological polar surface area (TPSA) is 260 Å². The Morgan fingerprint density at radius 2 is 1.02 bits per heavy atom. The first-order chi connectivity index (χ1) is 45.7. The zero-order valence-electron chi connectivity index (χ0n) is 54.8. The molecule has 0 aliphatic carbocycles. The van der Waals surface area contributed by atoms with Crippen LogP contribution in [0.15, 0.2) is 73.2 Å². The average molecular weight is 1470 g/mol. The van der Waals surface area contributed by atoms with E-state index in [2.05, 4.69) is 21.7 Å². The number of ether oxygens (including phenoxy) is 13. The number of quaternary nitrogens is 1. The zero-order valence-corrected chi connectivity index (χ0v) is 56.6. The van der Waals surface area contributed by atoms with E-state index in [-0.39, 0.29) is 12.5 Å². The third-order valence-corrected chi connectivity index (χ3v) is 13.4. The molecule has 0 saturated carbocycles. The molecule has 2 aromatic heterocycles. The van der Waals surface area contributed by atoms with Gasteiger partial charge in [-0.3, -0.25) is 28.7 Å². The zero-order chi connectivity index (χ0) is 72.5. The van der Waals surface area contributed by atoms with Crippen molar-refractivity contribution in [3.05, 3.63) is 90.0 Å². The van der Waals surface area contributed by atoms with Gasteiger partial charge in [-0.15, -0.1) is 5.10 Å². The van der Waals surface area contributed by atoms with Crippen LogP contribution in [0.25, 0.3) is 0 Å². The Labute approximate surface area is 557 Å². The summed E-state index contributed by atoms with van der Waals surface area (Å²) in [4.78, 5) is 63.5. The van der Waals surface area contributed by atoms with Gasteiger partial charge in [-0.25, -0.2) is 0 Å². The van der Waals surface area contributed by atoms with Gasteiger partial charge in [-0.1, -0.05) is 36.6 Å². The molecule has 0 unspecified atom stereocenters. The molecule has 558 valence electrons. The molecule has 5 atom stereocenters. The van der Waals surface area contributed by atoms with Gasteiger partial charge in [-0.2, -0.15) is 4.57 Å². The Bertz CT molecular complexity index is 3070. The number of benzene rings is 2. The van der Waals surface area contributed by atoms with Crippen LogP contribution in [0.1, 0.15) is 107 Å². The Kier molecular flexibility index (Phi) is 32.4. The third kappa shape index (κ3) is 40.2. The number of fused-ring (bicyclic) bond motifs is 2. The normalized spacial score (nSPS) is 19.9. The van der Waals surface area contributed by atoms with Gasteiger partial charge >= 0.3 is 96.1 Å². The molecule has 2 N–H and O–H groups in total. The number of esters is 4. The van der Waals surface area contributed by atoms with Crippen molar-refractivity contribution in [1.82, 2.24) is 19.9 Å². The van der Waals surface area contributed by atoms with E-state index in [0.29, 0.717) is 114 Å². The minimum atomic E-state index is -10.7. The predicted octanol–water partition coefficient (Wildman–Crippen LogP) is 11.1. The Hall–Kier alpha value is -6.94. The van der Waals surface area contributed by atoms with Crippen LogP contribution >= 0.6 is 15.6 Å². The van der Waals surface area contributed by atoms with E-state index in [1.54, 1.807) is 36.5 Å². The molecule has 24 nitrogen and oxygen atoms in total. The first-order valence-corrected chi connectivity index (χ1v) is 35.2. The van der Waals surface area contributed by atoms with Crippen LogP contribution < -0.4 is 28.8 Å². The van der Waals surface area contributed by atoms with Gasteiger partial charge in [-0.05, 0) is 68.9 Å². The molecule has 0 radical (unpaired) electrons. The van der Waals surface area contributed by atoms with Gasteiger partial charge < -0.3 is 71.8 Å². The van der Waals surface area contributed by atoms with Gasteiger partial charge in [0.25, 0.3) is 5.91 Å².